The van der Waals surface area contributed by atoms with Crippen LogP contribution in [0.4, 0.5) is 13.2 Å². The van der Waals surface area contributed by atoms with Crippen molar-refractivity contribution >= 4 is 42.5 Å². The summed E-state index contributed by atoms with van der Waals surface area (Å²) in [7, 11) is -3.30. The van der Waals surface area contributed by atoms with Crippen molar-refractivity contribution in [2.45, 2.75) is 122 Å². The predicted octanol–water partition coefficient (Wildman–Crippen LogP) is 5.39. The highest BCUT2D eigenvalue weighted by molar-refractivity contribution is 6.97. The second-order valence-corrected chi connectivity index (χ2v) is 16.2. The Morgan fingerprint density at radius 3 is 1.86 bits per heavy atom. The van der Waals surface area contributed by atoms with Crippen LogP contribution in [0.1, 0.15) is 86.0 Å². The van der Waals surface area contributed by atoms with Crippen LogP contribution >= 0.6 is 0 Å². The molecule has 1 heterocycles. The Morgan fingerprint density at radius 1 is 0.882 bits per heavy atom. The van der Waals surface area contributed by atoms with Gasteiger partial charge in [0.2, 0.25) is 18.6 Å². The number of ether oxygens (including phenoxy) is 3. The third-order valence-electron chi connectivity index (χ3n) is 8.57. The Kier molecular flexibility index (Phi) is 18.4. The number of likely N-dealkylation sites (tertiary alicyclic amines) is 1. The summed E-state index contributed by atoms with van der Waals surface area (Å²) in [5, 5.41) is 1.69. The molecule has 2 aromatic carbocycles. The highest BCUT2D eigenvalue weighted by Gasteiger charge is 2.57. The highest BCUT2D eigenvalue weighted by Crippen LogP contribution is 2.40. The van der Waals surface area contributed by atoms with E-state index >= 15 is 0 Å². The van der Waals surface area contributed by atoms with Crippen LogP contribution in [0.25, 0.3) is 0 Å². The van der Waals surface area contributed by atoms with Gasteiger partial charge in [-0.1, -0.05) is 74.5 Å². The van der Waals surface area contributed by atoms with E-state index in [1.165, 1.54) is 25.7 Å². The Morgan fingerprint density at radius 2 is 1.39 bits per heavy atom. The fourth-order valence-electron chi connectivity index (χ4n) is 6.08. The molecule has 284 valence electrons. The average Bonchev–Trinajstić information content (AvgIpc) is 3.45. The van der Waals surface area contributed by atoms with Crippen molar-refractivity contribution < 1.29 is 51.0 Å². The molecule has 0 saturated carbocycles. The Hall–Kier alpha value is -3.75. The number of amides is 1. The molecule has 1 amide bonds. The maximum atomic E-state index is 14.8. The van der Waals surface area contributed by atoms with Gasteiger partial charge in [0.1, 0.15) is 11.6 Å². The molecule has 1 fully saturated rings. The largest absolute Gasteiger partial charge is 0.466 e. The minimum Gasteiger partial charge on any atom is -0.466 e. The Balaban J connectivity index is 0.00000213. The summed E-state index contributed by atoms with van der Waals surface area (Å²) < 4.78 is 66.5. The molecule has 2 aromatic rings. The van der Waals surface area contributed by atoms with Crippen molar-refractivity contribution in [3.63, 3.8) is 0 Å². The van der Waals surface area contributed by atoms with E-state index in [1.807, 2.05) is 60.7 Å². The van der Waals surface area contributed by atoms with Crippen LogP contribution < -0.4 is 16.1 Å². The minimum atomic E-state index is -3.30. The smallest absolute Gasteiger partial charge is 0.329 e. The van der Waals surface area contributed by atoms with E-state index in [9.17, 15) is 32.3 Å². The molecule has 14 heteroatoms. The van der Waals surface area contributed by atoms with E-state index in [0.717, 1.165) is 10.4 Å². The van der Waals surface area contributed by atoms with Crippen LogP contribution in [0, 0.1) is 0 Å². The van der Waals surface area contributed by atoms with Crippen LogP contribution in [0.15, 0.2) is 60.7 Å². The summed E-state index contributed by atoms with van der Waals surface area (Å²) in [5.41, 5.74) is 2.80. The first-order chi connectivity index (χ1) is 24.2. The third kappa shape index (κ3) is 13.1. The van der Waals surface area contributed by atoms with E-state index in [2.05, 4.69) is 5.73 Å². The van der Waals surface area contributed by atoms with Gasteiger partial charge in [-0.25, -0.2) is 18.0 Å². The van der Waals surface area contributed by atoms with Crippen molar-refractivity contribution in [1.82, 2.24) is 4.90 Å². The number of halogens is 3. The third-order valence-corrected chi connectivity index (χ3v) is 12.7. The first-order valence-electron chi connectivity index (χ1n) is 17.5. The van der Waals surface area contributed by atoms with Gasteiger partial charge in [-0.15, -0.1) is 0 Å². The van der Waals surface area contributed by atoms with Gasteiger partial charge in [0.25, 0.3) is 8.32 Å². The first-order valence-corrected chi connectivity index (χ1v) is 19.6. The summed E-state index contributed by atoms with van der Waals surface area (Å²) >= 11 is 0. The number of benzene rings is 2. The van der Waals surface area contributed by atoms with E-state index in [1.54, 1.807) is 13.8 Å². The molecule has 2 N–H and O–H groups in total. The van der Waals surface area contributed by atoms with Crippen LogP contribution in [0.5, 0.6) is 0 Å². The van der Waals surface area contributed by atoms with Crippen molar-refractivity contribution in [1.29, 1.82) is 0 Å². The number of rotatable bonds is 19. The summed E-state index contributed by atoms with van der Waals surface area (Å²) in [6.45, 7) is 6.93. The summed E-state index contributed by atoms with van der Waals surface area (Å²) in [5.74, 6) is -2.76. The van der Waals surface area contributed by atoms with Gasteiger partial charge < -0.3 is 24.4 Å². The van der Waals surface area contributed by atoms with Crippen LogP contribution in [0.3, 0.4) is 0 Å². The number of nitrogens with two attached hydrogens (primary N) is 1. The predicted molar refractivity (Wildman–Crippen MR) is 189 cm³/mol. The molecule has 1 aliphatic rings. The van der Waals surface area contributed by atoms with E-state index in [4.69, 9.17) is 18.6 Å². The second-order valence-electron chi connectivity index (χ2n) is 12.6. The lowest BCUT2D eigenvalue weighted by atomic mass is 9.92. The number of carbonyl (C=O) groups is 4. The summed E-state index contributed by atoms with van der Waals surface area (Å²) in [6, 6.07) is 18.0. The summed E-state index contributed by atoms with van der Waals surface area (Å²) in [4.78, 5) is 49.9. The lowest BCUT2D eigenvalue weighted by Gasteiger charge is -2.41. The van der Waals surface area contributed by atoms with E-state index in [0.29, 0.717) is 18.9 Å². The number of nitrogens with zero attached hydrogens (tertiary/aromatic N) is 1. The topological polar surface area (TPSA) is 134 Å². The molecule has 0 bridgehead atoms. The number of hydrogen-bond donors (Lipinski definition) is 1. The van der Waals surface area contributed by atoms with Gasteiger partial charge in [-0.2, -0.15) is 0 Å². The van der Waals surface area contributed by atoms with Crippen LogP contribution in [0.2, 0.25) is 6.04 Å². The normalized spacial score (nSPS) is 19.2. The van der Waals surface area contributed by atoms with Gasteiger partial charge in [-0.3, -0.25) is 19.3 Å². The van der Waals surface area contributed by atoms with E-state index < -0.39 is 56.7 Å². The second kappa shape index (κ2) is 21.6. The monoisotopic (exact) mass is 738 g/mol. The molecular weight excluding hydrogens is 685 g/mol. The quantitative estimate of drug-likeness (QED) is 0.114. The number of alkyl halides is 3. The maximum Gasteiger partial charge on any atom is 0.329 e. The molecule has 1 aliphatic heterocycles. The van der Waals surface area contributed by atoms with Gasteiger partial charge in [0.05, 0.1) is 19.5 Å². The lowest BCUT2D eigenvalue weighted by molar-refractivity contribution is -0.181. The molecule has 0 radical (unpaired) electrons. The summed E-state index contributed by atoms with van der Waals surface area (Å²) in [6.07, 6.45) is -3.98. The molecule has 3 rings (SSSR count). The van der Waals surface area contributed by atoms with Gasteiger partial charge in [0, 0.05) is 33.1 Å². The number of hydrogen-bond acceptors (Lipinski definition) is 9. The van der Waals surface area contributed by atoms with Gasteiger partial charge >= 0.3 is 17.9 Å². The fourth-order valence-corrected chi connectivity index (χ4v) is 10.1. The molecular formula is C37H53F3N2O8Si. The standard InChI is InChI=1S/C35H48F3NO7Si.C2H5NO/c1-5-13-31(37)45-33(41)30-19-21-35(22-23-43-27(4)40,34(42)46-32(38)14-6-2)39(30)25-44-47(24-20-26(3)36,28-15-9-7-10-16-28)29-17-11-8-12-18-29;1-2(3)4/h7-12,15-18,26,30-32H,5-6,13-14,19-25H2,1-4H3;1H3,(H2,3,4)/t26?,30-,31?,32?,35-;/m1./s1. The number of primary amides is 1. The van der Waals surface area contributed by atoms with Gasteiger partial charge in [0.15, 0.2) is 0 Å². The Labute approximate surface area is 300 Å². The van der Waals surface area contributed by atoms with Crippen molar-refractivity contribution in [3.8, 4) is 0 Å². The average molecular weight is 739 g/mol. The minimum absolute atomic E-state index is 0.00536. The molecule has 3 unspecified atom stereocenters. The zero-order valence-electron chi connectivity index (χ0n) is 30.3. The molecule has 51 heavy (non-hydrogen) atoms. The maximum absolute atomic E-state index is 14.8. The molecule has 10 nitrogen and oxygen atoms in total. The van der Waals surface area contributed by atoms with E-state index in [-0.39, 0.29) is 57.8 Å². The van der Waals surface area contributed by atoms with Crippen molar-refractivity contribution in [3.05, 3.63) is 60.7 Å². The zero-order valence-corrected chi connectivity index (χ0v) is 31.3. The molecule has 0 spiro atoms. The molecule has 0 aliphatic carbocycles. The number of carbonyl (C=O) groups excluding carboxylic acids is 4. The van der Waals surface area contributed by atoms with Crippen molar-refractivity contribution in [2.75, 3.05) is 13.3 Å². The first kappa shape index (κ1) is 43.4. The van der Waals surface area contributed by atoms with Crippen molar-refractivity contribution in [2.24, 2.45) is 5.73 Å². The Bertz CT molecular complexity index is 1330. The molecule has 0 aromatic heterocycles. The molecule has 1 saturated heterocycles. The number of esters is 3. The SMILES string of the molecule is CC(N)=O.CCCC(F)OC(=O)[C@H]1CC[C@@](CCOC(C)=O)(C(=O)OC(F)CCC)N1CO[Si](CCC(C)F)(c1ccccc1)c1ccccc1. The van der Waals surface area contributed by atoms with Crippen LogP contribution in [-0.4, -0.2) is 80.8 Å². The fraction of sp³-hybridized carbons (Fsp3) is 0.568. The zero-order chi connectivity index (χ0) is 38.0. The highest BCUT2D eigenvalue weighted by atomic mass is 28.4. The van der Waals surface area contributed by atoms with Gasteiger partial charge in [-0.05, 0) is 55.4 Å². The molecule has 5 atom stereocenters. The van der Waals surface area contributed by atoms with Crippen LogP contribution in [-0.2, 0) is 37.8 Å². The lowest BCUT2D eigenvalue weighted by Crippen LogP contribution is -2.64.